The van der Waals surface area contributed by atoms with Crippen LogP contribution in [0.5, 0.6) is 0 Å². The quantitative estimate of drug-likeness (QED) is 0.536. The first-order valence-corrected chi connectivity index (χ1v) is 7.61. The third-order valence-corrected chi connectivity index (χ3v) is 4.55. The lowest BCUT2D eigenvalue weighted by Gasteiger charge is -2.06. The Labute approximate surface area is 124 Å². The predicted molar refractivity (Wildman–Crippen MR) is 76.7 cm³/mol. The number of hydrogen-bond acceptors (Lipinski definition) is 4. The lowest BCUT2D eigenvalue weighted by molar-refractivity contribution is 0.103. The fourth-order valence-electron chi connectivity index (χ4n) is 2.19. The van der Waals surface area contributed by atoms with E-state index in [0.29, 0.717) is 11.3 Å². The molecule has 0 bridgehead atoms. The topological polar surface area (TPSA) is 42.0 Å². The van der Waals surface area contributed by atoms with Gasteiger partial charge in [0, 0.05) is 10.9 Å². The van der Waals surface area contributed by atoms with E-state index in [9.17, 15) is 9.18 Å². The third kappa shape index (κ3) is 2.75. The smallest absolute Gasteiger partial charge is 0.212 e. The maximum Gasteiger partial charge on any atom is 0.212 e. The molecule has 2 atom stereocenters. The van der Waals surface area contributed by atoms with Crippen LogP contribution in [0.4, 0.5) is 4.39 Å². The summed E-state index contributed by atoms with van der Waals surface area (Å²) in [5, 5.41) is 5.84. The average Bonchev–Trinajstić information content (AvgIpc) is 3.07. The third-order valence-electron chi connectivity index (χ3n) is 3.25. The molecule has 1 aromatic carbocycles. The second-order valence-corrected chi connectivity index (χ2v) is 6.09. The zero-order valence-electron chi connectivity index (χ0n) is 10.5. The number of nitrogens with zero attached hydrogens (tertiary/aromatic N) is 1. The van der Waals surface area contributed by atoms with Crippen molar-refractivity contribution in [3.63, 3.8) is 0 Å². The second-order valence-electron chi connectivity index (χ2n) is 4.67. The van der Waals surface area contributed by atoms with Gasteiger partial charge < -0.3 is 0 Å². The Bertz CT molecular complexity index is 628. The van der Waals surface area contributed by atoms with E-state index in [1.807, 2.05) is 0 Å². The van der Waals surface area contributed by atoms with Crippen molar-refractivity contribution in [2.75, 3.05) is 0 Å². The predicted octanol–water partition coefficient (Wildman–Crippen LogP) is 3.50. The van der Waals surface area contributed by atoms with Gasteiger partial charge in [-0.15, -0.1) is 22.9 Å². The molecule has 3 rings (SSSR count). The highest BCUT2D eigenvalue weighted by atomic mass is 35.5. The molecule has 1 N–H and O–H groups in total. The first-order valence-electron chi connectivity index (χ1n) is 6.29. The zero-order valence-corrected chi connectivity index (χ0v) is 12.0. The molecule has 2 heterocycles. The van der Waals surface area contributed by atoms with Crippen molar-refractivity contribution < 1.29 is 9.18 Å². The molecule has 1 saturated heterocycles. The summed E-state index contributed by atoms with van der Waals surface area (Å²) in [4.78, 5) is 16.6. The number of thiazole rings is 1. The van der Waals surface area contributed by atoms with Crippen molar-refractivity contribution in [2.45, 2.75) is 24.4 Å². The van der Waals surface area contributed by atoms with Gasteiger partial charge in [0.15, 0.2) is 0 Å². The molecule has 1 unspecified atom stereocenters. The Morgan fingerprint density at radius 2 is 2.10 bits per heavy atom. The summed E-state index contributed by atoms with van der Waals surface area (Å²) in [7, 11) is 0. The molecule has 0 radical (unpaired) electrons. The molecule has 1 aromatic heterocycles. The minimum absolute atomic E-state index is 0.0276. The fraction of sp³-hybridized carbons (Fsp3) is 0.286. The van der Waals surface area contributed by atoms with Crippen molar-refractivity contribution in [3.05, 3.63) is 51.7 Å². The normalized spacial score (nSPS) is 22.1. The summed E-state index contributed by atoms with van der Waals surface area (Å²) in [6.07, 6.45) is 1.82. The second kappa shape index (κ2) is 5.60. The van der Waals surface area contributed by atoms with E-state index in [0.717, 1.165) is 17.8 Å². The molecule has 1 fully saturated rings. The van der Waals surface area contributed by atoms with Gasteiger partial charge in [0.1, 0.15) is 16.5 Å². The number of benzene rings is 1. The van der Waals surface area contributed by atoms with Crippen LogP contribution >= 0.6 is 22.9 Å². The molecule has 0 aliphatic carbocycles. The van der Waals surface area contributed by atoms with E-state index < -0.39 is 0 Å². The summed E-state index contributed by atoms with van der Waals surface area (Å²) in [6.45, 7) is 0. The van der Waals surface area contributed by atoms with Crippen molar-refractivity contribution in [1.82, 2.24) is 10.3 Å². The first-order chi connectivity index (χ1) is 9.63. The molecule has 1 aliphatic rings. The number of rotatable bonds is 3. The van der Waals surface area contributed by atoms with Crippen molar-refractivity contribution in [1.29, 1.82) is 0 Å². The minimum atomic E-state index is -0.358. The van der Waals surface area contributed by atoms with E-state index in [1.165, 1.54) is 35.6 Å². The number of carbonyl (C=O) groups is 1. The van der Waals surface area contributed by atoms with Crippen LogP contribution < -0.4 is 5.32 Å². The Balaban J connectivity index is 1.79. The van der Waals surface area contributed by atoms with Crippen LogP contribution in [0, 0.1) is 5.82 Å². The summed E-state index contributed by atoms with van der Waals surface area (Å²) in [5.74, 6) is -0.545. The van der Waals surface area contributed by atoms with Gasteiger partial charge in [0.2, 0.25) is 5.78 Å². The maximum absolute atomic E-state index is 12.9. The van der Waals surface area contributed by atoms with E-state index in [-0.39, 0.29) is 23.1 Å². The SMILES string of the molecule is O=C(c1ccc(F)cc1)c1csc([C@@H]2CCC(Cl)N2)n1. The van der Waals surface area contributed by atoms with Crippen LogP contribution in [0.1, 0.15) is 39.9 Å². The van der Waals surface area contributed by atoms with Gasteiger partial charge >= 0.3 is 0 Å². The van der Waals surface area contributed by atoms with E-state index in [1.54, 1.807) is 5.38 Å². The molecule has 104 valence electrons. The van der Waals surface area contributed by atoms with E-state index in [2.05, 4.69) is 10.3 Å². The Morgan fingerprint density at radius 1 is 1.35 bits per heavy atom. The van der Waals surface area contributed by atoms with Crippen molar-refractivity contribution in [2.24, 2.45) is 0 Å². The summed E-state index contributed by atoms with van der Waals surface area (Å²) in [5.41, 5.74) is 0.814. The van der Waals surface area contributed by atoms with Gasteiger partial charge in [-0.3, -0.25) is 10.1 Å². The Morgan fingerprint density at radius 3 is 2.75 bits per heavy atom. The van der Waals surface area contributed by atoms with Crippen LogP contribution in [-0.4, -0.2) is 16.3 Å². The van der Waals surface area contributed by atoms with Crippen molar-refractivity contribution >= 4 is 28.7 Å². The molecule has 3 nitrogen and oxygen atoms in total. The average molecular weight is 311 g/mol. The molecule has 1 aliphatic heterocycles. The number of nitrogens with one attached hydrogen (secondary N) is 1. The lowest BCUT2D eigenvalue weighted by Crippen LogP contribution is -2.18. The lowest BCUT2D eigenvalue weighted by atomic mass is 10.1. The molecule has 2 aromatic rings. The Hall–Kier alpha value is -1.30. The molecule has 20 heavy (non-hydrogen) atoms. The molecular formula is C14H12ClFN2OS. The largest absolute Gasteiger partial charge is 0.292 e. The standard InChI is InChI=1S/C14H12ClFN2OS/c15-12-6-5-10(17-12)14-18-11(7-20-14)13(19)8-1-3-9(16)4-2-8/h1-4,7,10,12,17H,5-6H2/t10-,12?/m0/s1. The molecule has 0 spiro atoms. The van der Waals surface area contributed by atoms with Gasteiger partial charge in [-0.25, -0.2) is 9.37 Å². The number of halogens is 2. The van der Waals surface area contributed by atoms with Gasteiger partial charge in [-0.2, -0.15) is 0 Å². The molecular weight excluding hydrogens is 299 g/mol. The summed E-state index contributed by atoms with van der Waals surface area (Å²) < 4.78 is 12.9. The molecule has 0 amide bonds. The van der Waals surface area contributed by atoms with Gasteiger partial charge in [0.05, 0.1) is 11.5 Å². The van der Waals surface area contributed by atoms with Crippen LogP contribution in [-0.2, 0) is 0 Å². The van der Waals surface area contributed by atoms with E-state index >= 15 is 0 Å². The van der Waals surface area contributed by atoms with Gasteiger partial charge in [0.25, 0.3) is 0 Å². The number of hydrogen-bond donors (Lipinski definition) is 1. The highest BCUT2D eigenvalue weighted by molar-refractivity contribution is 7.10. The van der Waals surface area contributed by atoms with Gasteiger partial charge in [-0.05, 0) is 37.1 Å². The maximum atomic E-state index is 12.9. The highest BCUT2D eigenvalue weighted by Crippen LogP contribution is 2.30. The van der Waals surface area contributed by atoms with Crippen LogP contribution in [0.15, 0.2) is 29.6 Å². The highest BCUT2D eigenvalue weighted by Gasteiger charge is 2.26. The number of aromatic nitrogens is 1. The molecule has 0 saturated carbocycles. The summed E-state index contributed by atoms with van der Waals surface area (Å²) >= 11 is 7.45. The zero-order chi connectivity index (χ0) is 14.1. The fourth-order valence-corrected chi connectivity index (χ4v) is 3.37. The first kappa shape index (κ1) is 13.7. The Kier molecular flexibility index (Phi) is 3.83. The number of ketones is 1. The minimum Gasteiger partial charge on any atom is -0.292 e. The molecule has 6 heteroatoms. The van der Waals surface area contributed by atoms with Crippen LogP contribution in [0.2, 0.25) is 0 Å². The van der Waals surface area contributed by atoms with Gasteiger partial charge in [-0.1, -0.05) is 0 Å². The number of carbonyl (C=O) groups excluding carboxylic acids is 1. The van der Waals surface area contributed by atoms with Crippen molar-refractivity contribution in [3.8, 4) is 0 Å². The number of alkyl halides is 1. The van der Waals surface area contributed by atoms with Crippen LogP contribution in [0.25, 0.3) is 0 Å². The summed E-state index contributed by atoms with van der Waals surface area (Å²) in [6, 6.07) is 5.62. The van der Waals surface area contributed by atoms with E-state index in [4.69, 9.17) is 11.6 Å². The van der Waals surface area contributed by atoms with Crippen LogP contribution in [0.3, 0.4) is 0 Å². The monoisotopic (exact) mass is 310 g/mol.